The largest absolute Gasteiger partial charge is 0.497 e. The summed E-state index contributed by atoms with van der Waals surface area (Å²) in [4.78, 5) is 89.7. The number of hydrogen-bond acceptors (Lipinski definition) is 8. The quantitative estimate of drug-likeness (QED) is 0.179. The molecule has 15 heteroatoms. The molecule has 1 fully saturated rings. The Morgan fingerprint density at radius 2 is 1.43 bits per heavy atom. The van der Waals surface area contributed by atoms with Crippen LogP contribution in [0.3, 0.4) is 0 Å². The number of H-pyrrole nitrogens is 1. The summed E-state index contributed by atoms with van der Waals surface area (Å²) in [5, 5.41) is 15.1. The third-order valence-electron chi connectivity index (χ3n) is 9.76. The molecule has 0 saturated carbocycles. The molecule has 5 atom stereocenters. The van der Waals surface area contributed by atoms with Gasteiger partial charge in [0.25, 0.3) is 0 Å². The van der Waals surface area contributed by atoms with E-state index in [4.69, 9.17) is 4.74 Å². The topological polar surface area (TPSA) is 194 Å². The lowest BCUT2D eigenvalue weighted by Gasteiger charge is -2.32. The van der Waals surface area contributed by atoms with Gasteiger partial charge in [0.2, 0.25) is 35.4 Å². The molecule has 4 rings (SSSR count). The Kier molecular flexibility index (Phi) is 15.4. The first kappa shape index (κ1) is 43.3. The van der Waals surface area contributed by atoms with Gasteiger partial charge in [0, 0.05) is 42.5 Å². The number of fused-ring (bicyclic) bond motifs is 1. The number of ether oxygens (including phenoxy) is 1. The lowest BCUT2D eigenvalue weighted by atomic mass is 9.99. The van der Waals surface area contributed by atoms with Crippen LogP contribution in [0, 0.1) is 11.8 Å². The molecule has 1 aliphatic rings. The van der Waals surface area contributed by atoms with Crippen molar-refractivity contribution in [2.75, 3.05) is 40.8 Å². The van der Waals surface area contributed by atoms with Crippen molar-refractivity contribution < 1.29 is 33.5 Å². The van der Waals surface area contributed by atoms with Crippen LogP contribution >= 0.6 is 0 Å². The fourth-order valence-corrected chi connectivity index (χ4v) is 6.57. The van der Waals surface area contributed by atoms with Gasteiger partial charge in [-0.25, -0.2) is 0 Å². The van der Waals surface area contributed by atoms with Gasteiger partial charge < -0.3 is 46.1 Å². The maximum atomic E-state index is 14.3. The van der Waals surface area contributed by atoms with E-state index in [2.05, 4.69) is 31.6 Å². The number of carbonyl (C=O) groups is 6. The van der Waals surface area contributed by atoms with E-state index in [9.17, 15) is 28.8 Å². The fraction of sp³-hybridized carbons (Fsp3) is 0.512. The number of methoxy groups -OCH3 is 1. The van der Waals surface area contributed by atoms with E-state index in [0.29, 0.717) is 5.75 Å². The predicted molar refractivity (Wildman–Crippen MR) is 213 cm³/mol. The highest BCUT2D eigenvalue weighted by molar-refractivity contribution is 5.96. The maximum Gasteiger partial charge on any atom is 0.243 e. The molecule has 15 nitrogen and oxygen atoms in total. The Bertz CT molecular complexity index is 1840. The van der Waals surface area contributed by atoms with Crippen molar-refractivity contribution in [2.24, 2.45) is 11.8 Å². The Morgan fingerprint density at radius 1 is 0.804 bits per heavy atom. The van der Waals surface area contributed by atoms with Crippen molar-refractivity contribution >= 4 is 46.3 Å². The average Bonchev–Trinajstić information content (AvgIpc) is 3.55. The third-order valence-corrected chi connectivity index (χ3v) is 9.76. The number of hydrogen-bond donors (Lipinski definition) is 6. The minimum Gasteiger partial charge on any atom is -0.497 e. The minimum absolute atomic E-state index is 0.000661. The van der Waals surface area contributed by atoms with Gasteiger partial charge in [-0.1, -0.05) is 58.0 Å². The van der Waals surface area contributed by atoms with Gasteiger partial charge in [0.15, 0.2) is 0 Å². The van der Waals surface area contributed by atoms with E-state index >= 15 is 0 Å². The molecule has 0 bridgehead atoms. The molecule has 304 valence electrons. The Morgan fingerprint density at radius 3 is 2.07 bits per heavy atom. The van der Waals surface area contributed by atoms with E-state index in [0.717, 1.165) is 22.0 Å². The van der Waals surface area contributed by atoms with Crippen LogP contribution in [0.15, 0.2) is 54.7 Å². The number of rotatable bonds is 10. The van der Waals surface area contributed by atoms with E-state index in [-0.39, 0.29) is 50.1 Å². The Hall–Kier alpha value is -5.44. The first-order valence-corrected chi connectivity index (χ1v) is 19.2. The van der Waals surface area contributed by atoms with Gasteiger partial charge in [0.1, 0.15) is 29.9 Å². The summed E-state index contributed by atoms with van der Waals surface area (Å²) in [7, 11) is 5.02. The number of aromatic nitrogens is 1. The van der Waals surface area contributed by atoms with Crippen molar-refractivity contribution in [1.29, 1.82) is 0 Å². The molecule has 1 saturated heterocycles. The number of para-hydroxylation sites is 1. The number of benzene rings is 2. The van der Waals surface area contributed by atoms with Crippen LogP contribution in [0.2, 0.25) is 0 Å². The third kappa shape index (κ3) is 12.3. The van der Waals surface area contributed by atoms with Gasteiger partial charge in [-0.2, -0.15) is 0 Å². The second-order valence-electron chi connectivity index (χ2n) is 15.6. The standard InChI is InChI=1S/C41H58N8O7/c1-24(2)17-32-40(54)46-33(18-27-13-15-29(56-8)16-14-27)39(53)43-26(5)38(52)47-35(25(3)4)21-49(37(51)23-48(6)7)22-36(50)44-34(41(55)45-32)19-28-20-42-31-12-10-9-11-30(28)31/h9-16,20,24-26,32-35,42H,17-19,21-23H2,1-8H3,(H,43,53)(H,44,50)(H,45,55)(H,46,54)(H,47,52)/t26-,32+,33+,34-,35-/m1/s1. The molecule has 6 N–H and O–H groups in total. The molecule has 2 heterocycles. The fourth-order valence-electron chi connectivity index (χ4n) is 6.57. The molecule has 56 heavy (non-hydrogen) atoms. The molecule has 0 unspecified atom stereocenters. The number of carbonyl (C=O) groups excluding carboxylic acids is 6. The summed E-state index contributed by atoms with van der Waals surface area (Å²) in [5.41, 5.74) is 2.34. The summed E-state index contributed by atoms with van der Waals surface area (Å²) in [6, 6.07) is 9.65. The molecule has 0 radical (unpaired) electrons. The predicted octanol–water partition coefficient (Wildman–Crippen LogP) is 1.51. The van der Waals surface area contributed by atoms with E-state index < -0.39 is 66.3 Å². The highest BCUT2D eigenvalue weighted by atomic mass is 16.5. The molecule has 1 aromatic heterocycles. The zero-order valence-corrected chi connectivity index (χ0v) is 33.7. The van der Waals surface area contributed by atoms with Gasteiger partial charge >= 0.3 is 0 Å². The number of amides is 6. The van der Waals surface area contributed by atoms with Crippen LogP contribution in [-0.2, 0) is 41.6 Å². The average molecular weight is 775 g/mol. The normalized spacial score (nSPS) is 22.2. The van der Waals surface area contributed by atoms with Crippen LogP contribution in [0.4, 0.5) is 0 Å². The molecule has 2 aromatic carbocycles. The first-order chi connectivity index (χ1) is 26.5. The number of aromatic amines is 1. The Labute approximate surface area is 329 Å². The molecule has 3 aromatic rings. The summed E-state index contributed by atoms with van der Waals surface area (Å²) < 4.78 is 5.28. The molecular formula is C41H58N8O7. The number of nitrogens with zero attached hydrogens (tertiary/aromatic N) is 2. The molecule has 1 aliphatic heterocycles. The number of nitrogens with one attached hydrogen (secondary N) is 6. The molecular weight excluding hydrogens is 716 g/mol. The summed E-state index contributed by atoms with van der Waals surface area (Å²) in [6.45, 7) is 8.71. The van der Waals surface area contributed by atoms with E-state index in [1.807, 2.05) is 52.0 Å². The highest BCUT2D eigenvalue weighted by Crippen LogP contribution is 2.20. The van der Waals surface area contributed by atoms with Crippen molar-refractivity contribution in [3.05, 3.63) is 65.9 Å². The first-order valence-electron chi connectivity index (χ1n) is 19.2. The Balaban J connectivity index is 1.76. The second-order valence-corrected chi connectivity index (χ2v) is 15.6. The van der Waals surface area contributed by atoms with Crippen LogP contribution in [0.1, 0.15) is 52.2 Å². The van der Waals surface area contributed by atoms with Crippen LogP contribution in [-0.4, -0.2) is 121 Å². The summed E-state index contributed by atoms with van der Waals surface area (Å²) in [6.07, 6.45) is 2.16. The lowest BCUT2D eigenvalue weighted by molar-refractivity contribution is -0.139. The van der Waals surface area contributed by atoms with Gasteiger partial charge in [-0.3, -0.25) is 28.8 Å². The monoisotopic (exact) mass is 774 g/mol. The lowest BCUT2D eigenvalue weighted by Crippen LogP contribution is -2.60. The summed E-state index contributed by atoms with van der Waals surface area (Å²) in [5.74, 6) is -2.84. The second kappa shape index (κ2) is 19.9. The zero-order chi connectivity index (χ0) is 41.1. The van der Waals surface area contributed by atoms with Crippen molar-refractivity contribution in [3.8, 4) is 5.75 Å². The molecule has 0 aliphatic carbocycles. The maximum absolute atomic E-state index is 14.3. The molecule has 0 spiro atoms. The van der Waals surface area contributed by atoms with E-state index in [1.54, 1.807) is 56.6 Å². The van der Waals surface area contributed by atoms with E-state index in [1.165, 1.54) is 11.8 Å². The highest BCUT2D eigenvalue weighted by Gasteiger charge is 2.34. The van der Waals surface area contributed by atoms with Crippen LogP contribution in [0.25, 0.3) is 10.9 Å². The molecule has 6 amide bonds. The van der Waals surface area contributed by atoms with Crippen LogP contribution < -0.4 is 31.3 Å². The van der Waals surface area contributed by atoms with Crippen molar-refractivity contribution in [3.63, 3.8) is 0 Å². The summed E-state index contributed by atoms with van der Waals surface area (Å²) >= 11 is 0. The zero-order valence-electron chi connectivity index (χ0n) is 33.7. The van der Waals surface area contributed by atoms with Gasteiger partial charge in [-0.05, 0) is 68.6 Å². The SMILES string of the molecule is COc1ccc(C[C@@H]2NC(=O)[C@H](CC(C)C)NC(=O)[C@@H](Cc3c[nH]c4ccccc34)NC(=O)CN(C(=O)CN(C)C)C[C@H](C(C)C)NC(=O)[C@@H](C)NC2=O)cc1. The van der Waals surface area contributed by atoms with Crippen LogP contribution in [0.5, 0.6) is 5.75 Å². The van der Waals surface area contributed by atoms with Gasteiger partial charge in [-0.15, -0.1) is 0 Å². The minimum atomic E-state index is -1.14. The van der Waals surface area contributed by atoms with Crippen molar-refractivity contribution in [1.82, 2.24) is 41.4 Å². The smallest absolute Gasteiger partial charge is 0.243 e. The number of likely N-dealkylation sites (N-methyl/N-ethyl adjacent to an activating group) is 1. The van der Waals surface area contributed by atoms with Crippen molar-refractivity contribution in [2.45, 2.75) is 84.1 Å². The van der Waals surface area contributed by atoms with Gasteiger partial charge in [0.05, 0.1) is 20.2 Å².